The molecule has 0 saturated carbocycles. The first-order valence-corrected chi connectivity index (χ1v) is 7.06. The number of nitrogens with one attached hydrogen (secondary N) is 1. The Bertz CT molecular complexity index is 446. The lowest BCUT2D eigenvalue weighted by Crippen LogP contribution is -2.44. The molecule has 0 spiro atoms. The zero-order chi connectivity index (χ0) is 16.7. The molecule has 22 heavy (non-hydrogen) atoms. The van der Waals surface area contributed by atoms with E-state index in [1.54, 1.807) is 0 Å². The second kappa shape index (κ2) is 8.35. The number of carbonyl (C=O) groups excluding carboxylic acids is 4. The molecule has 1 rings (SSSR count). The van der Waals surface area contributed by atoms with Crippen molar-refractivity contribution in [2.24, 2.45) is 5.92 Å². The maximum atomic E-state index is 11.7. The van der Waals surface area contributed by atoms with Crippen LogP contribution in [0.5, 0.6) is 0 Å². The van der Waals surface area contributed by atoms with Crippen molar-refractivity contribution in [3.05, 3.63) is 0 Å². The minimum absolute atomic E-state index is 0.158. The van der Waals surface area contributed by atoms with Crippen LogP contribution in [0, 0.1) is 5.92 Å². The van der Waals surface area contributed by atoms with Gasteiger partial charge in [-0.3, -0.25) is 9.59 Å². The highest BCUT2D eigenvalue weighted by molar-refractivity contribution is 5.87. The average Bonchev–Trinajstić information content (AvgIpc) is 2.89. The molecule has 0 aromatic heterocycles. The van der Waals surface area contributed by atoms with Crippen LogP contribution in [0.25, 0.3) is 0 Å². The normalized spacial score (nSPS) is 18.5. The van der Waals surface area contributed by atoms with E-state index in [1.807, 2.05) is 13.8 Å². The van der Waals surface area contributed by atoms with Crippen molar-refractivity contribution >= 4 is 23.8 Å². The van der Waals surface area contributed by atoms with E-state index in [-0.39, 0.29) is 18.8 Å². The van der Waals surface area contributed by atoms with Gasteiger partial charge in [0, 0.05) is 12.8 Å². The topological polar surface area (TPSA) is 108 Å². The van der Waals surface area contributed by atoms with Gasteiger partial charge in [-0.1, -0.05) is 13.8 Å². The smallest absolute Gasteiger partial charge is 0.347 e. The van der Waals surface area contributed by atoms with E-state index < -0.39 is 42.6 Å². The average molecular weight is 315 g/mol. The number of amides is 1. The van der Waals surface area contributed by atoms with E-state index >= 15 is 0 Å². The number of ether oxygens (including phenoxy) is 3. The van der Waals surface area contributed by atoms with Gasteiger partial charge in [0.05, 0.1) is 7.11 Å². The van der Waals surface area contributed by atoms with Crippen molar-refractivity contribution in [1.29, 1.82) is 0 Å². The highest BCUT2D eigenvalue weighted by Gasteiger charge is 2.31. The Hall–Kier alpha value is -2.12. The zero-order valence-corrected chi connectivity index (χ0v) is 12.9. The Kier molecular flexibility index (Phi) is 6.81. The number of methoxy groups -OCH3 is 1. The van der Waals surface area contributed by atoms with E-state index in [2.05, 4.69) is 10.1 Å². The maximum Gasteiger partial charge on any atom is 0.347 e. The van der Waals surface area contributed by atoms with E-state index in [0.29, 0.717) is 6.42 Å². The molecule has 1 fully saturated rings. The van der Waals surface area contributed by atoms with Gasteiger partial charge in [0.25, 0.3) is 5.91 Å². The first-order chi connectivity index (χ1) is 10.3. The molecule has 1 heterocycles. The first-order valence-electron chi connectivity index (χ1n) is 7.06. The highest BCUT2D eigenvalue weighted by Crippen LogP contribution is 2.14. The Balaban J connectivity index is 2.41. The number of cyclic esters (lactones) is 1. The molecule has 0 aromatic rings. The Morgan fingerprint density at radius 2 is 2.05 bits per heavy atom. The molecule has 0 bridgehead atoms. The van der Waals surface area contributed by atoms with Gasteiger partial charge in [0.15, 0.2) is 12.7 Å². The monoisotopic (exact) mass is 315 g/mol. The van der Waals surface area contributed by atoms with E-state index in [1.165, 1.54) is 7.11 Å². The molecule has 1 amide bonds. The van der Waals surface area contributed by atoms with Crippen LogP contribution in [0.15, 0.2) is 0 Å². The number of hydrogen-bond acceptors (Lipinski definition) is 7. The minimum atomic E-state index is -0.952. The van der Waals surface area contributed by atoms with Gasteiger partial charge in [-0.05, 0) is 12.3 Å². The quantitative estimate of drug-likeness (QED) is 0.518. The molecule has 0 unspecified atom stereocenters. The van der Waals surface area contributed by atoms with Crippen LogP contribution < -0.4 is 5.32 Å². The Labute approximate surface area is 128 Å². The lowest BCUT2D eigenvalue weighted by atomic mass is 10.0. The summed E-state index contributed by atoms with van der Waals surface area (Å²) in [6.07, 6.45) is -0.137. The highest BCUT2D eigenvalue weighted by atomic mass is 16.6. The van der Waals surface area contributed by atoms with E-state index in [4.69, 9.17) is 9.47 Å². The van der Waals surface area contributed by atoms with Gasteiger partial charge in [0.1, 0.15) is 6.04 Å². The molecule has 0 radical (unpaired) electrons. The summed E-state index contributed by atoms with van der Waals surface area (Å²) in [7, 11) is 1.23. The third kappa shape index (κ3) is 5.71. The molecule has 0 aliphatic carbocycles. The first kappa shape index (κ1) is 17.9. The van der Waals surface area contributed by atoms with Gasteiger partial charge >= 0.3 is 17.9 Å². The molecule has 8 nitrogen and oxygen atoms in total. The lowest BCUT2D eigenvalue weighted by molar-refractivity contribution is -0.163. The summed E-state index contributed by atoms with van der Waals surface area (Å²) in [4.78, 5) is 45.8. The van der Waals surface area contributed by atoms with Crippen LogP contribution in [-0.2, 0) is 33.4 Å². The molecular formula is C14H21NO7. The summed E-state index contributed by atoms with van der Waals surface area (Å²) in [5.41, 5.74) is 0. The van der Waals surface area contributed by atoms with Crippen LogP contribution >= 0.6 is 0 Å². The number of carbonyl (C=O) groups is 4. The summed E-state index contributed by atoms with van der Waals surface area (Å²) < 4.78 is 14.1. The number of hydrogen-bond donors (Lipinski definition) is 1. The van der Waals surface area contributed by atoms with Crippen LogP contribution in [0.4, 0.5) is 0 Å². The predicted octanol–water partition coefficient (Wildman–Crippen LogP) is -0.0609. The van der Waals surface area contributed by atoms with Crippen molar-refractivity contribution in [2.45, 2.75) is 45.3 Å². The van der Waals surface area contributed by atoms with Gasteiger partial charge in [-0.2, -0.15) is 0 Å². The Morgan fingerprint density at radius 1 is 1.36 bits per heavy atom. The van der Waals surface area contributed by atoms with Crippen molar-refractivity contribution in [2.75, 3.05) is 13.7 Å². The van der Waals surface area contributed by atoms with Gasteiger partial charge < -0.3 is 19.5 Å². The fourth-order valence-electron chi connectivity index (χ4n) is 1.98. The summed E-state index contributed by atoms with van der Waals surface area (Å²) in [5, 5.41) is 2.46. The maximum absolute atomic E-state index is 11.7. The standard InChI is InChI=1S/C14H21NO7/c1-8(2)6-9(13(18)20-3)15-11(16)7-21-14(19)10-4-5-12(17)22-10/h8-10H,4-7H2,1-3H3,(H,15,16)/t9-,10-/m1/s1. The third-order valence-electron chi connectivity index (χ3n) is 3.02. The SMILES string of the molecule is COC(=O)[C@@H](CC(C)C)NC(=O)COC(=O)[C@H]1CCC(=O)O1. The molecule has 1 aliphatic heterocycles. The Morgan fingerprint density at radius 3 is 2.55 bits per heavy atom. The van der Waals surface area contributed by atoms with Crippen molar-refractivity contribution in [3.63, 3.8) is 0 Å². The molecule has 1 aliphatic rings. The summed E-state index contributed by atoms with van der Waals surface area (Å²) in [6.45, 7) is 3.26. The zero-order valence-electron chi connectivity index (χ0n) is 12.9. The van der Waals surface area contributed by atoms with Gasteiger partial charge in [0.2, 0.25) is 0 Å². The molecule has 0 aromatic carbocycles. The molecule has 1 N–H and O–H groups in total. The van der Waals surface area contributed by atoms with Crippen LogP contribution in [-0.4, -0.2) is 49.7 Å². The fourth-order valence-corrected chi connectivity index (χ4v) is 1.98. The molecule has 2 atom stereocenters. The molecular weight excluding hydrogens is 294 g/mol. The van der Waals surface area contributed by atoms with Crippen LogP contribution in [0.1, 0.15) is 33.1 Å². The van der Waals surface area contributed by atoms with Gasteiger partial charge in [-0.15, -0.1) is 0 Å². The van der Waals surface area contributed by atoms with Crippen molar-refractivity contribution < 1.29 is 33.4 Å². The van der Waals surface area contributed by atoms with E-state index in [0.717, 1.165) is 0 Å². The second-order valence-corrected chi connectivity index (χ2v) is 5.40. The molecule has 1 saturated heterocycles. The minimum Gasteiger partial charge on any atom is -0.467 e. The van der Waals surface area contributed by atoms with Crippen molar-refractivity contribution in [1.82, 2.24) is 5.32 Å². The molecule has 124 valence electrons. The largest absolute Gasteiger partial charge is 0.467 e. The number of rotatable bonds is 7. The van der Waals surface area contributed by atoms with Gasteiger partial charge in [-0.25, -0.2) is 9.59 Å². The van der Waals surface area contributed by atoms with Crippen molar-refractivity contribution in [3.8, 4) is 0 Å². The summed E-state index contributed by atoms with van der Waals surface area (Å²) in [5.74, 6) is -2.23. The molecule has 8 heteroatoms. The lowest BCUT2D eigenvalue weighted by Gasteiger charge is -2.18. The van der Waals surface area contributed by atoms with E-state index in [9.17, 15) is 19.2 Å². The summed E-state index contributed by atoms with van der Waals surface area (Å²) >= 11 is 0. The number of esters is 3. The second-order valence-electron chi connectivity index (χ2n) is 5.40. The van der Waals surface area contributed by atoms with Crippen LogP contribution in [0.2, 0.25) is 0 Å². The fraction of sp³-hybridized carbons (Fsp3) is 0.714. The summed E-state index contributed by atoms with van der Waals surface area (Å²) in [6, 6.07) is -0.791. The third-order valence-corrected chi connectivity index (χ3v) is 3.02. The predicted molar refractivity (Wildman–Crippen MR) is 73.5 cm³/mol. The van der Waals surface area contributed by atoms with Crippen LogP contribution in [0.3, 0.4) is 0 Å².